The van der Waals surface area contributed by atoms with Crippen LogP contribution in [0.1, 0.15) is 6.92 Å². The van der Waals surface area contributed by atoms with Crippen molar-refractivity contribution < 1.29 is 14.6 Å². The maximum atomic E-state index is 10.5. The predicted octanol–water partition coefficient (Wildman–Crippen LogP) is 0.0962. The summed E-state index contributed by atoms with van der Waals surface area (Å²) < 4.78 is 4.60. The molecule has 0 aromatic rings. The van der Waals surface area contributed by atoms with Crippen LogP contribution in [0.3, 0.4) is 0 Å². The Morgan fingerprint density at radius 1 is 1.78 bits per heavy atom. The SMILES string of the molecule is C[C@H]1OC(=O)[C@H](O)[C@@H]1I. The molecule has 1 aliphatic rings. The second kappa shape index (κ2) is 2.42. The van der Waals surface area contributed by atoms with E-state index in [-0.39, 0.29) is 10.0 Å². The van der Waals surface area contributed by atoms with E-state index < -0.39 is 12.1 Å². The average molecular weight is 242 g/mol. The number of aliphatic hydroxyl groups excluding tert-OH is 1. The zero-order chi connectivity index (χ0) is 7.02. The van der Waals surface area contributed by atoms with Crippen molar-refractivity contribution in [3.05, 3.63) is 0 Å². The number of rotatable bonds is 0. The fraction of sp³-hybridized carbons (Fsp3) is 0.800. The van der Waals surface area contributed by atoms with Crippen molar-refractivity contribution in [2.45, 2.75) is 23.1 Å². The molecule has 0 aromatic carbocycles. The van der Waals surface area contributed by atoms with E-state index in [1.165, 1.54) is 0 Å². The van der Waals surface area contributed by atoms with Crippen LogP contribution in [0.5, 0.6) is 0 Å². The number of cyclic esters (lactones) is 1. The number of alkyl halides is 1. The third kappa shape index (κ3) is 1.19. The number of halogens is 1. The first-order valence-corrected chi connectivity index (χ1v) is 3.90. The summed E-state index contributed by atoms with van der Waals surface area (Å²) in [6, 6.07) is 0. The van der Waals surface area contributed by atoms with Crippen molar-refractivity contribution >= 4 is 28.6 Å². The Labute approximate surface area is 66.5 Å². The minimum Gasteiger partial charge on any atom is -0.459 e. The van der Waals surface area contributed by atoms with Gasteiger partial charge in [0.25, 0.3) is 0 Å². The van der Waals surface area contributed by atoms with E-state index in [1.54, 1.807) is 6.92 Å². The molecule has 3 atom stereocenters. The Balaban J connectivity index is 2.65. The molecule has 1 fully saturated rings. The second-order valence-electron chi connectivity index (χ2n) is 2.03. The van der Waals surface area contributed by atoms with E-state index in [9.17, 15) is 4.79 Å². The zero-order valence-electron chi connectivity index (χ0n) is 4.87. The molecule has 0 radical (unpaired) electrons. The lowest BCUT2D eigenvalue weighted by atomic mass is 10.2. The highest BCUT2D eigenvalue weighted by Crippen LogP contribution is 2.22. The van der Waals surface area contributed by atoms with Gasteiger partial charge in [-0.05, 0) is 6.92 Å². The Morgan fingerprint density at radius 2 is 2.33 bits per heavy atom. The van der Waals surface area contributed by atoms with E-state index >= 15 is 0 Å². The molecule has 9 heavy (non-hydrogen) atoms. The third-order valence-corrected chi connectivity index (χ3v) is 2.99. The van der Waals surface area contributed by atoms with Gasteiger partial charge in [-0.3, -0.25) is 0 Å². The lowest BCUT2D eigenvalue weighted by Gasteiger charge is -2.03. The number of hydrogen-bond donors (Lipinski definition) is 1. The van der Waals surface area contributed by atoms with Crippen LogP contribution in [0.4, 0.5) is 0 Å². The van der Waals surface area contributed by atoms with Crippen LogP contribution in [-0.2, 0) is 9.53 Å². The molecule has 52 valence electrons. The van der Waals surface area contributed by atoms with Crippen LogP contribution in [-0.4, -0.2) is 27.2 Å². The number of esters is 1. The summed E-state index contributed by atoms with van der Waals surface area (Å²) >= 11 is 2.00. The van der Waals surface area contributed by atoms with E-state index in [4.69, 9.17) is 5.11 Å². The molecule has 3 nitrogen and oxygen atoms in total. The highest BCUT2D eigenvalue weighted by molar-refractivity contribution is 14.1. The molecule has 0 spiro atoms. The van der Waals surface area contributed by atoms with Crippen LogP contribution in [0, 0.1) is 0 Å². The summed E-state index contributed by atoms with van der Waals surface area (Å²) in [5.41, 5.74) is 0. The van der Waals surface area contributed by atoms with E-state index in [1.807, 2.05) is 22.6 Å². The van der Waals surface area contributed by atoms with Crippen molar-refractivity contribution in [3.8, 4) is 0 Å². The fourth-order valence-electron chi connectivity index (χ4n) is 0.705. The maximum absolute atomic E-state index is 10.5. The summed E-state index contributed by atoms with van der Waals surface area (Å²) in [6.45, 7) is 1.77. The van der Waals surface area contributed by atoms with Gasteiger partial charge in [0.15, 0.2) is 6.10 Å². The summed E-state index contributed by atoms with van der Waals surface area (Å²) in [6.07, 6.45) is -1.06. The average Bonchev–Trinajstić information content (AvgIpc) is 1.98. The van der Waals surface area contributed by atoms with Crippen molar-refractivity contribution in [1.82, 2.24) is 0 Å². The van der Waals surface area contributed by atoms with Gasteiger partial charge in [0, 0.05) is 0 Å². The molecule has 0 bridgehead atoms. The lowest BCUT2D eigenvalue weighted by Crippen LogP contribution is -2.23. The van der Waals surface area contributed by atoms with Crippen LogP contribution >= 0.6 is 22.6 Å². The fourth-order valence-corrected chi connectivity index (χ4v) is 1.15. The van der Waals surface area contributed by atoms with Gasteiger partial charge in [-0.25, -0.2) is 4.79 Å². The third-order valence-electron chi connectivity index (χ3n) is 1.29. The number of carbonyl (C=O) groups is 1. The molecule has 1 rings (SSSR count). The number of aliphatic hydroxyl groups is 1. The Kier molecular flexibility index (Phi) is 1.95. The molecule has 4 heteroatoms. The molecular formula is C5H7IO3. The minimum atomic E-state index is -0.916. The summed E-state index contributed by atoms with van der Waals surface area (Å²) in [7, 11) is 0. The summed E-state index contributed by atoms with van der Waals surface area (Å²) in [4.78, 5) is 10.5. The van der Waals surface area contributed by atoms with Gasteiger partial charge in [-0.2, -0.15) is 0 Å². The molecule has 1 heterocycles. The molecule has 0 saturated carbocycles. The maximum Gasteiger partial charge on any atom is 0.336 e. The number of hydrogen-bond acceptors (Lipinski definition) is 3. The van der Waals surface area contributed by atoms with Gasteiger partial charge >= 0.3 is 5.97 Å². The van der Waals surface area contributed by atoms with Gasteiger partial charge in [0.1, 0.15) is 6.10 Å². The molecule has 1 N–H and O–H groups in total. The van der Waals surface area contributed by atoms with Crippen molar-refractivity contribution in [2.75, 3.05) is 0 Å². The smallest absolute Gasteiger partial charge is 0.336 e. The predicted molar refractivity (Wildman–Crippen MR) is 39.4 cm³/mol. The van der Waals surface area contributed by atoms with Crippen molar-refractivity contribution in [3.63, 3.8) is 0 Å². The van der Waals surface area contributed by atoms with E-state index in [2.05, 4.69) is 4.74 Å². The second-order valence-corrected chi connectivity index (χ2v) is 3.47. The number of carbonyl (C=O) groups excluding carboxylic acids is 1. The van der Waals surface area contributed by atoms with Gasteiger partial charge in [-0.1, -0.05) is 22.6 Å². The Morgan fingerprint density at radius 3 is 2.44 bits per heavy atom. The molecular weight excluding hydrogens is 235 g/mol. The molecule has 0 aliphatic carbocycles. The van der Waals surface area contributed by atoms with Gasteiger partial charge in [0.2, 0.25) is 0 Å². The normalized spacial score (nSPS) is 43.0. The highest BCUT2D eigenvalue weighted by atomic mass is 127. The van der Waals surface area contributed by atoms with Crippen molar-refractivity contribution in [1.29, 1.82) is 0 Å². The molecule has 1 aliphatic heterocycles. The largest absolute Gasteiger partial charge is 0.459 e. The molecule has 1 saturated heterocycles. The first-order valence-electron chi connectivity index (χ1n) is 2.65. The molecule has 0 unspecified atom stereocenters. The van der Waals surface area contributed by atoms with Crippen LogP contribution in [0.15, 0.2) is 0 Å². The monoisotopic (exact) mass is 242 g/mol. The number of ether oxygens (including phenoxy) is 1. The van der Waals surface area contributed by atoms with Crippen LogP contribution in [0.25, 0.3) is 0 Å². The van der Waals surface area contributed by atoms with Gasteiger partial charge in [0.05, 0.1) is 3.92 Å². The summed E-state index contributed by atoms with van der Waals surface area (Å²) in [5, 5.41) is 8.95. The first kappa shape index (κ1) is 7.27. The van der Waals surface area contributed by atoms with E-state index in [0.717, 1.165) is 0 Å². The van der Waals surface area contributed by atoms with Crippen molar-refractivity contribution in [2.24, 2.45) is 0 Å². The van der Waals surface area contributed by atoms with Crippen LogP contribution < -0.4 is 0 Å². The topological polar surface area (TPSA) is 46.5 Å². The van der Waals surface area contributed by atoms with E-state index in [0.29, 0.717) is 0 Å². The van der Waals surface area contributed by atoms with Gasteiger partial charge < -0.3 is 9.84 Å². The zero-order valence-corrected chi connectivity index (χ0v) is 7.03. The molecule has 0 aromatic heterocycles. The summed E-state index contributed by atoms with van der Waals surface area (Å²) in [5.74, 6) is -0.498. The highest BCUT2D eigenvalue weighted by Gasteiger charge is 2.38. The quantitative estimate of drug-likeness (QED) is 0.372. The Bertz CT molecular complexity index is 136. The van der Waals surface area contributed by atoms with Gasteiger partial charge in [-0.15, -0.1) is 0 Å². The Hall–Kier alpha value is 0.160. The van der Waals surface area contributed by atoms with Crippen LogP contribution in [0.2, 0.25) is 0 Å². The first-order chi connectivity index (χ1) is 4.13. The molecule has 0 amide bonds. The lowest BCUT2D eigenvalue weighted by molar-refractivity contribution is -0.146. The minimum absolute atomic E-state index is 0.0879. The standard InChI is InChI=1S/C5H7IO3/c1-2-3(6)4(7)5(8)9-2/h2-4,7H,1H3/t2-,3-,4-/m1/s1.